The zero-order valence-corrected chi connectivity index (χ0v) is 20.9. The van der Waals surface area contributed by atoms with Gasteiger partial charge in [-0.25, -0.2) is 0 Å². The van der Waals surface area contributed by atoms with Gasteiger partial charge in [0, 0.05) is 43.1 Å². The molecule has 38 heavy (non-hydrogen) atoms. The maximum atomic E-state index is 13.6. The molecule has 1 atom stereocenters. The van der Waals surface area contributed by atoms with Gasteiger partial charge in [-0.3, -0.25) is 9.59 Å². The molecule has 1 fully saturated rings. The van der Waals surface area contributed by atoms with E-state index in [0.29, 0.717) is 43.7 Å². The number of hydrogen-bond acceptors (Lipinski definition) is 6. The Morgan fingerprint density at radius 3 is 2.50 bits per heavy atom. The van der Waals surface area contributed by atoms with E-state index in [1.54, 1.807) is 37.5 Å². The minimum atomic E-state index is -4.83. The Hall–Kier alpha value is -3.67. The van der Waals surface area contributed by atoms with E-state index < -0.39 is 35.9 Å². The van der Waals surface area contributed by atoms with Crippen molar-refractivity contribution in [2.75, 3.05) is 43.1 Å². The van der Waals surface area contributed by atoms with Gasteiger partial charge in [-0.15, -0.1) is 0 Å². The van der Waals surface area contributed by atoms with E-state index in [1.165, 1.54) is 4.57 Å². The van der Waals surface area contributed by atoms with Gasteiger partial charge in [-0.05, 0) is 53.9 Å². The fraction of sp³-hybridized carbons (Fsp3) is 0.333. The van der Waals surface area contributed by atoms with Crippen LogP contribution in [0.5, 0.6) is 0 Å². The Morgan fingerprint density at radius 1 is 1.13 bits per heavy atom. The molecule has 1 aliphatic heterocycles. The second-order valence-electron chi connectivity index (χ2n) is 9.11. The molecule has 1 unspecified atom stereocenters. The van der Waals surface area contributed by atoms with E-state index in [-0.39, 0.29) is 11.1 Å². The van der Waals surface area contributed by atoms with Gasteiger partial charge in [0.2, 0.25) is 0 Å². The van der Waals surface area contributed by atoms with Crippen LogP contribution >= 0.6 is 0 Å². The van der Waals surface area contributed by atoms with Gasteiger partial charge < -0.3 is 29.7 Å². The van der Waals surface area contributed by atoms with Gasteiger partial charge in [-0.2, -0.15) is 13.2 Å². The number of nitrogens with one attached hydrogen (secondary N) is 1. The quantitative estimate of drug-likeness (QED) is 0.450. The lowest BCUT2D eigenvalue weighted by Crippen LogP contribution is -2.40. The van der Waals surface area contributed by atoms with Crippen LogP contribution in [-0.4, -0.2) is 53.6 Å². The first-order chi connectivity index (χ1) is 18.0. The first kappa shape index (κ1) is 27.4. The molecule has 0 radical (unpaired) electrons. The highest BCUT2D eigenvalue weighted by Crippen LogP contribution is 2.36. The van der Waals surface area contributed by atoms with Crippen molar-refractivity contribution in [1.82, 2.24) is 4.57 Å². The molecule has 0 aliphatic carbocycles. The van der Waals surface area contributed by atoms with E-state index >= 15 is 0 Å². The molecule has 4 rings (SSSR count). The lowest BCUT2D eigenvalue weighted by Gasteiger charge is -2.29. The number of halogens is 3. The lowest BCUT2D eigenvalue weighted by atomic mass is 9.98. The number of carbonyl (C=O) groups is 1. The number of aryl methyl sites for hydroxylation is 2. The van der Waals surface area contributed by atoms with Crippen LogP contribution in [0.2, 0.25) is 0 Å². The van der Waals surface area contributed by atoms with Gasteiger partial charge in [0.05, 0.1) is 25.4 Å². The number of alkyl halides is 3. The monoisotopic (exact) mass is 531 g/mol. The van der Waals surface area contributed by atoms with Crippen molar-refractivity contribution >= 4 is 17.3 Å². The maximum Gasteiger partial charge on any atom is 0.416 e. The minimum Gasteiger partial charge on any atom is -0.393 e. The highest BCUT2D eigenvalue weighted by molar-refractivity contribution is 6.04. The molecule has 2 aromatic carbocycles. The Morgan fingerprint density at radius 2 is 1.84 bits per heavy atom. The van der Waals surface area contributed by atoms with E-state index in [4.69, 9.17) is 9.84 Å². The summed E-state index contributed by atoms with van der Waals surface area (Å²) in [6.45, 7) is 3.19. The summed E-state index contributed by atoms with van der Waals surface area (Å²) in [5.74, 6) is -0.773. The van der Waals surface area contributed by atoms with Gasteiger partial charge in [0.25, 0.3) is 11.5 Å². The number of ether oxygens (including phenoxy) is 1. The normalized spacial score (nSPS) is 14.9. The van der Waals surface area contributed by atoms with E-state index in [9.17, 15) is 27.9 Å². The fourth-order valence-electron chi connectivity index (χ4n) is 4.42. The highest BCUT2D eigenvalue weighted by atomic mass is 19.4. The third kappa shape index (κ3) is 5.74. The summed E-state index contributed by atoms with van der Waals surface area (Å²) in [5.41, 5.74) is 1.12. The standard InChI is InChI=1S/C27H28F3N3O5/c1-16-3-5-19(31-25(36)17-4-6-20(24(35)15-34)22(11-17)27(28,29)30)13-21(16)18-12-23(26(37)32(2)14-18)33-7-9-38-10-8-33/h3-6,11-14,24,34-35H,7-10,15H2,1-2H3,(H,31,36). The SMILES string of the molecule is Cc1ccc(NC(=O)c2ccc(C(O)CO)c(C(F)(F)F)c2)cc1-c1cc(N2CCOCC2)c(=O)n(C)c1. The molecule has 8 nitrogen and oxygen atoms in total. The largest absolute Gasteiger partial charge is 0.416 e. The Bertz CT molecular complexity index is 1400. The van der Waals surface area contributed by atoms with Crippen LogP contribution in [0.25, 0.3) is 11.1 Å². The summed E-state index contributed by atoms with van der Waals surface area (Å²) in [7, 11) is 1.66. The van der Waals surface area contributed by atoms with Crippen molar-refractivity contribution in [3.63, 3.8) is 0 Å². The molecule has 2 heterocycles. The molecular weight excluding hydrogens is 503 g/mol. The number of morpholine rings is 1. The van der Waals surface area contributed by atoms with Crippen LogP contribution < -0.4 is 15.8 Å². The molecular formula is C27H28F3N3O5. The van der Waals surface area contributed by atoms with Crippen LogP contribution in [0.15, 0.2) is 53.5 Å². The van der Waals surface area contributed by atoms with Crippen molar-refractivity contribution in [2.24, 2.45) is 7.05 Å². The number of nitrogens with zero attached hydrogens (tertiary/aromatic N) is 2. The lowest BCUT2D eigenvalue weighted by molar-refractivity contribution is -0.139. The molecule has 1 aliphatic rings. The smallest absolute Gasteiger partial charge is 0.393 e. The van der Waals surface area contributed by atoms with Gasteiger partial charge >= 0.3 is 6.18 Å². The first-order valence-corrected chi connectivity index (χ1v) is 12.0. The number of carbonyl (C=O) groups excluding carboxylic acids is 1. The van der Waals surface area contributed by atoms with Crippen molar-refractivity contribution in [3.8, 4) is 11.1 Å². The number of rotatable bonds is 6. The molecule has 1 saturated heterocycles. The van der Waals surface area contributed by atoms with Crippen LogP contribution in [0.1, 0.15) is 33.2 Å². The molecule has 0 bridgehead atoms. The van der Waals surface area contributed by atoms with Crippen LogP contribution in [0, 0.1) is 6.92 Å². The van der Waals surface area contributed by atoms with Gasteiger partial charge in [0.15, 0.2) is 0 Å². The van der Waals surface area contributed by atoms with Crippen molar-refractivity contribution in [3.05, 3.63) is 81.3 Å². The Balaban J connectivity index is 1.66. The third-order valence-electron chi connectivity index (χ3n) is 6.48. The van der Waals surface area contributed by atoms with Crippen LogP contribution in [0.4, 0.5) is 24.5 Å². The van der Waals surface area contributed by atoms with Gasteiger partial charge in [-0.1, -0.05) is 12.1 Å². The van der Waals surface area contributed by atoms with Gasteiger partial charge in [0.1, 0.15) is 11.8 Å². The highest BCUT2D eigenvalue weighted by Gasteiger charge is 2.35. The summed E-state index contributed by atoms with van der Waals surface area (Å²) >= 11 is 0. The van der Waals surface area contributed by atoms with Crippen molar-refractivity contribution in [1.29, 1.82) is 0 Å². The number of benzene rings is 2. The zero-order chi connectivity index (χ0) is 27.6. The zero-order valence-electron chi connectivity index (χ0n) is 20.9. The predicted molar refractivity (Wildman–Crippen MR) is 136 cm³/mol. The molecule has 0 spiro atoms. The van der Waals surface area contributed by atoms with E-state index in [2.05, 4.69) is 5.32 Å². The number of hydrogen-bond donors (Lipinski definition) is 3. The summed E-state index contributed by atoms with van der Waals surface area (Å²) < 4.78 is 47.6. The van der Waals surface area contributed by atoms with E-state index in [1.807, 2.05) is 11.8 Å². The minimum absolute atomic E-state index is 0.145. The summed E-state index contributed by atoms with van der Waals surface area (Å²) in [6.07, 6.45) is -4.87. The number of anilines is 2. The average molecular weight is 532 g/mol. The first-order valence-electron chi connectivity index (χ1n) is 12.0. The molecule has 1 aromatic heterocycles. The molecule has 0 saturated carbocycles. The number of pyridine rings is 1. The van der Waals surface area contributed by atoms with Crippen LogP contribution in [-0.2, 0) is 18.0 Å². The topological polar surface area (TPSA) is 104 Å². The summed E-state index contributed by atoms with van der Waals surface area (Å²) in [4.78, 5) is 27.6. The van der Waals surface area contributed by atoms with Crippen molar-refractivity contribution in [2.45, 2.75) is 19.2 Å². The fourth-order valence-corrected chi connectivity index (χ4v) is 4.42. The molecule has 3 aromatic rings. The third-order valence-corrected chi connectivity index (χ3v) is 6.48. The molecule has 11 heteroatoms. The molecule has 202 valence electrons. The van der Waals surface area contributed by atoms with Crippen LogP contribution in [0.3, 0.4) is 0 Å². The van der Waals surface area contributed by atoms with Crippen molar-refractivity contribution < 1.29 is 32.9 Å². The summed E-state index contributed by atoms with van der Waals surface area (Å²) in [6, 6.07) is 9.70. The number of aliphatic hydroxyl groups excluding tert-OH is 2. The second kappa shape index (κ2) is 11.0. The maximum absolute atomic E-state index is 13.6. The summed E-state index contributed by atoms with van der Waals surface area (Å²) in [5, 5.41) is 21.5. The molecule has 3 N–H and O–H groups in total. The van der Waals surface area contributed by atoms with E-state index in [0.717, 1.165) is 28.8 Å². The number of aliphatic hydroxyl groups is 2. The average Bonchev–Trinajstić information content (AvgIpc) is 2.90. The number of aromatic nitrogens is 1. The Labute approximate surface area is 216 Å². The Kier molecular flexibility index (Phi) is 7.91. The number of amides is 1. The predicted octanol–water partition coefficient (Wildman–Crippen LogP) is 3.49. The second-order valence-corrected chi connectivity index (χ2v) is 9.11. The molecule has 1 amide bonds.